The summed E-state index contributed by atoms with van der Waals surface area (Å²) < 4.78 is 39.1. The van der Waals surface area contributed by atoms with E-state index in [1.165, 1.54) is 0 Å². The van der Waals surface area contributed by atoms with Crippen LogP contribution in [0.5, 0.6) is 0 Å². The average molecular weight is 382 g/mol. The molecule has 0 unspecified atom stereocenters. The first-order chi connectivity index (χ1) is 12.1. The molecule has 1 saturated carbocycles. The molecule has 0 radical (unpaired) electrons. The summed E-state index contributed by atoms with van der Waals surface area (Å²) in [5.41, 5.74) is 1.02. The standard InChI is InChI=1S/C19H15ClF3NO2/c1-8(2)14-10-4-5-11(14)16-15(10)17(25)24(18(16)26)13-7-9(19(21,22)23)3-6-12(13)20/h3-7,10-11,15-16H,1-2H3/t10-,11+,15-,16-/m0/s1. The monoisotopic (exact) mass is 381 g/mol. The largest absolute Gasteiger partial charge is 0.416 e. The van der Waals surface area contributed by atoms with Gasteiger partial charge >= 0.3 is 6.18 Å². The van der Waals surface area contributed by atoms with Gasteiger partial charge in [-0.15, -0.1) is 0 Å². The summed E-state index contributed by atoms with van der Waals surface area (Å²) in [5.74, 6) is -2.41. The van der Waals surface area contributed by atoms with Crippen LogP contribution < -0.4 is 4.90 Å². The van der Waals surface area contributed by atoms with Crippen molar-refractivity contribution in [2.24, 2.45) is 23.7 Å². The van der Waals surface area contributed by atoms with Crippen LogP contribution in [0.15, 0.2) is 41.5 Å². The van der Waals surface area contributed by atoms with Gasteiger partial charge in [-0.3, -0.25) is 9.59 Å². The van der Waals surface area contributed by atoms with E-state index in [0.717, 1.165) is 34.2 Å². The molecule has 136 valence electrons. The Balaban J connectivity index is 1.78. The van der Waals surface area contributed by atoms with Crippen LogP contribution in [0, 0.1) is 23.7 Å². The Kier molecular flexibility index (Phi) is 3.64. The van der Waals surface area contributed by atoms with Gasteiger partial charge in [-0.2, -0.15) is 13.2 Å². The number of nitrogens with zero attached hydrogens (tertiary/aromatic N) is 1. The molecule has 0 N–H and O–H groups in total. The van der Waals surface area contributed by atoms with E-state index in [4.69, 9.17) is 11.6 Å². The van der Waals surface area contributed by atoms with Crippen LogP contribution in [-0.2, 0) is 15.8 Å². The summed E-state index contributed by atoms with van der Waals surface area (Å²) in [4.78, 5) is 26.8. The summed E-state index contributed by atoms with van der Waals surface area (Å²) in [5, 5.41) is -0.0533. The Labute approximate surface area is 153 Å². The molecule has 2 amide bonds. The lowest BCUT2D eigenvalue weighted by atomic mass is 9.85. The van der Waals surface area contributed by atoms with E-state index in [0.29, 0.717) is 0 Å². The molecule has 1 aromatic rings. The second kappa shape index (κ2) is 5.46. The normalized spacial score (nSPS) is 29.8. The van der Waals surface area contributed by atoms with Crippen LogP contribution in [0.2, 0.25) is 5.02 Å². The van der Waals surface area contributed by atoms with E-state index < -0.39 is 35.4 Å². The molecule has 3 aliphatic rings. The van der Waals surface area contributed by atoms with Gasteiger partial charge in [0.05, 0.1) is 28.1 Å². The van der Waals surface area contributed by atoms with Gasteiger partial charge in [0, 0.05) is 11.8 Å². The summed E-state index contributed by atoms with van der Waals surface area (Å²) in [6, 6.07) is 2.68. The number of allylic oxidation sites excluding steroid dienone is 4. The zero-order valence-electron chi connectivity index (χ0n) is 14.0. The van der Waals surface area contributed by atoms with Crippen molar-refractivity contribution in [2.45, 2.75) is 20.0 Å². The first kappa shape index (κ1) is 17.3. The van der Waals surface area contributed by atoms with Crippen LogP contribution in [0.25, 0.3) is 0 Å². The molecule has 4 atom stereocenters. The van der Waals surface area contributed by atoms with Crippen molar-refractivity contribution in [1.82, 2.24) is 0 Å². The highest BCUT2D eigenvalue weighted by Gasteiger charge is 2.62. The predicted molar refractivity (Wildman–Crippen MR) is 90.4 cm³/mol. The molecule has 1 saturated heterocycles. The van der Waals surface area contributed by atoms with Crippen LogP contribution >= 0.6 is 11.6 Å². The molecule has 0 aromatic heterocycles. The number of alkyl halides is 3. The highest BCUT2D eigenvalue weighted by atomic mass is 35.5. The van der Waals surface area contributed by atoms with Gasteiger partial charge in [-0.25, -0.2) is 4.90 Å². The van der Waals surface area contributed by atoms with Crippen molar-refractivity contribution in [3.63, 3.8) is 0 Å². The number of carbonyl (C=O) groups is 2. The van der Waals surface area contributed by atoms with Gasteiger partial charge in [0.15, 0.2) is 0 Å². The molecule has 4 rings (SSSR count). The van der Waals surface area contributed by atoms with E-state index in [1.807, 2.05) is 26.0 Å². The number of carbonyl (C=O) groups excluding carboxylic acids is 2. The van der Waals surface area contributed by atoms with E-state index in [9.17, 15) is 22.8 Å². The van der Waals surface area contributed by atoms with Crippen molar-refractivity contribution in [3.05, 3.63) is 52.1 Å². The molecule has 3 nitrogen and oxygen atoms in total. The minimum Gasteiger partial charge on any atom is -0.274 e. The van der Waals surface area contributed by atoms with Gasteiger partial charge in [0.25, 0.3) is 0 Å². The lowest BCUT2D eigenvalue weighted by molar-refractivity contribution is -0.137. The molecule has 0 spiro atoms. The number of benzene rings is 1. The topological polar surface area (TPSA) is 37.4 Å². The third-order valence-corrected chi connectivity index (χ3v) is 5.83. The lowest BCUT2D eigenvalue weighted by Crippen LogP contribution is -2.33. The fourth-order valence-corrected chi connectivity index (χ4v) is 4.73. The maximum atomic E-state index is 13.0. The highest BCUT2D eigenvalue weighted by Crippen LogP contribution is 2.57. The number of imide groups is 1. The highest BCUT2D eigenvalue weighted by molar-refractivity contribution is 6.36. The number of hydrogen-bond acceptors (Lipinski definition) is 2. The van der Waals surface area contributed by atoms with E-state index in [2.05, 4.69) is 0 Å². The van der Waals surface area contributed by atoms with E-state index in [-0.39, 0.29) is 22.5 Å². The summed E-state index contributed by atoms with van der Waals surface area (Å²) in [6.07, 6.45) is -0.732. The van der Waals surface area contributed by atoms with Crippen LogP contribution in [0.1, 0.15) is 19.4 Å². The summed E-state index contributed by atoms with van der Waals surface area (Å²) >= 11 is 6.04. The van der Waals surface area contributed by atoms with E-state index >= 15 is 0 Å². The third-order valence-electron chi connectivity index (χ3n) is 5.51. The Morgan fingerprint density at radius 2 is 1.58 bits per heavy atom. The van der Waals surface area contributed by atoms with Crippen LogP contribution in [0.3, 0.4) is 0 Å². The molecule has 1 heterocycles. The van der Waals surface area contributed by atoms with Gasteiger partial charge in [0.2, 0.25) is 11.8 Å². The summed E-state index contributed by atoms with van der Waals surface area (Å²) in [7, 11) is 0. The fourth-order valence-electron chi connectivity index (χ4n) is 4.53. The van der Waals surface area contributed by atoms with Crippen molar-refractivity contribution in [3.8, 4) is 0 Å². The van der Waals surface area contributed by atoms with E-state index in [1.54, 1.807) is 0 Å². The van der Waals surface area contributed by atoms with Gasteiger partial charge in [0.1, 0.15) is 0 Å². The first-order valence-corrected chi connectivity index (χ1v) is 8.61. The minimum absolute atomic E-state index is 0.0533. The quantitative estimate of drug-likeness (QED) is 0.526. The molecule has 2 bridgehead atoms. The second-order valence-corrected chi connectivity index (χ2v) is 7.53. The Bertz CT molecular complexity index is 865. The maximum absolute atomic E-state index is 13.0. The molecule has 2 fully saturated rings. The van der Waals surface area contributed by atoms with Crippen molar-refractivity contribution >= 4 is 29.1 Å². The number of halogens is 4. The van der Waals surface area contributed by atoms with Crippen LogP contribution in [-0.4, -0.2) is 11.8 Å². The van der Waals surface area contributed by atoms with Crippen molar-refractivity contribution in [2.75, 3.05) is 4.90 Å². The number of anilines is 1. The predicted octanol–water partition coefficient (Wildman–Crippen LogP) is 4.62. The Hall–Kier alpha value is -2.08. The number of fused-ring (bicyclic) bond motifs is 5. The second-order valence-electron chi connectivity index (χ2n) is 7.12. The molecular formula is C19H15ClF3NO2. The first-order valence-electron chi connectivity index (χ1n) is 8.23. The number of rotatable bonds is 1. The van der Waals surface area contributed by atoms with Crippen LogP contribution in [0.4, 0.5) is 18.9 Å². The van der Waals surface area contributed by atoms with Gasteiger partial charge < -0.3 is 0 Å². The van der Waals surface area contributed by atoms with Crippen molar-refractivity contribution < 1.29 is 22.8 Å². The Morgan fingerprint density at radius 1 is 1.04 bits per heavy atom. The number of amides is 2. The molecule has 26 heavy (non-hydrogen) atoms. The lowest BCUT2D eigenvalue weighted by Gasteiger charge is -2.21. The minimum atomic E-state index is -4.59. The third kappa shape index (κ3) is 2.21. The molecule has 1 aliphatic heterocycles. The molecular weight excluding hydrogens is 367 g/mol. The molecule has 1 aromatic carbocycles. The van der Waals surface area contributed by atoms with Crippen molar-refractivity contribution in [1.29, 1.82) is 0 Å². The SMILES string of the molecule is CC(C)=C1[C@H]2C=C[C@@H]1[C@@H]1C(=O)N(c3cc(C(F)(F)F)ccc3Cl)C(=O)[C@H]12. The average Bonchev–Trinajstić information content (AvgIpc) is 3.18. The van der Waals surface area contributed by atoms with Gasteiger partial charge in [-0.05, 0) is 32.0 Å². The Morgan fingerprint density at radius 3 is 2.04 bits per heavy atom. The molecule has 7 heteroatoms. The maximum Gasteiger partial charge on any atom is 0.416 e. The fraction of sp³-hybridized carbons (Fsp3) is 0.368. The zero-order chi connectivity index (χ0) is 19.0. The smallest absolute Gasteiger partial charge is 0.274 e. The van der Waals surface area contributed by atoms with Gasteiger partial charge in [-0.1, -0.05) is 34.9 Å². The molecule has 2 aliphatic carbocycles. The zero-order valence-corrected chi connectivity index (χ0v) is 14.7. The summed E-state index contributed by atoms with van der Waals surface area (Å²) in [6.45, 7) is 3.89. The number of hydrogen-bond donors (Lipinski definition) is 0.